The number of anilines is 3. The standard InChI is InChI=1S/C53H40N4/c1-35-33-54-51(31-49(35)41-20-18-37-10-4-6-12-39(37)26-41)43-14-8-16-46(28-43)57(48-22-23-53-45(30-48)24-25-56(53)3)47-17-9-15-44(29-47)52-32-50(36(2)34-55-52)42-21-19-38-11-5-7-13-40(38)27-42/h4-34H,1-3H3. The molecule has 0 unspecified atom stereocenters. The molecule has 10 aromatic rings. The first-order chi connectivity index (χ1) is 27.9. The van der Waals surface area contributed by atoms with Crippen molar-refractivity contribution in [2.45, 2.75) is 13.8 Å². The molecule has 0 bridgehead atoms. The average Bonchev–Trinajstić information content (AvgIpc) is 3.63. The van der Waals surface area contributed by atoms with Crippen LogP contribution in [0.15, 0.2) is 188 Å². The summed E-state index contributed by atoms with van der Waals surface area (Å²) in [7, 11) is 2.09. The number of aromatic nitrogens is 3. The lowest BCUT2D eigenvalue weighted by molar-refractivity contribution is 0.969. The molecule has 3 aromatic heterocycles. The van der Waals surface area contributed by atoms with Gasteiger partial charge < -0.3 is 9.47 Å². The molecule has 10 rings (SSSR count). The largest absolute Gasteiger partial charge is 0.351 e. The summed E-state index contributed by atoms with van der Waals surface area (Å²) in [6, 6.07) is 61.3. The monoisotopic (exact) mass is 732 g/mol. The van der Waals surface area contributed by atoms with E-state index < -0.39 is 0 Å². The summed E-state index contributed by atoms with van der Waals surface area (Å²) in [5.74, 6) is 0. The van der Waals surface area contributed by atoms with Gasteiger partial charge in [-0.2, -0.15) is 0 Å². The van der Waals surface area contributed by atoms with Gasteiger partial charge in [0.2, 0.25) is 0 Å². The number of hydrogen-bond donors (Lipinski definition) is 0. The molecule has 7 aromatic carbocycles. The Morgan fingerprint density at radius 3 is 1.46 bits per heavy atom. The van der Waals surface area contributed by atoms with E-state index in [1.807, 2.05) is 12.4 Å². The first-order valence-electron chi connectivity index (χ1n) is 19.4. The maximum Gasteiger partial charge on any atom is 0.0709 e. The van der Waals surface area contributed by atoms with E-state index in [2.05, 4.69) is 206 Å². The fourth-order valence-electron chi connectivity index (χ4n) is 8.16. The molecule has 0 spiro atoms. The van der Waals surface area contributed by atoms with E-state index in [9.17, 15) is 0 Å². The van der Waals surface area contributed by atoms with Crippen LogP contribution in [-0.2, 0) is 7.05 Å². The van der Waals surface area contributed by atoms with Gasteiger partial charge >= 0.3 is 0 Å². The number of hydrogen-bond acceptors (Lipinski definition) is 3. The maximum absolute atomic E-state index is 4.97. The van der Waals surface area contributed by atoms with Crippen LogP contribution in [0.5, 0.6) is 0 Å². The molecule has 3 heterocycles. The van der Waals surface area contributed by atoms with E-state index >= 15 is 0 Å². The van der Waals surface area contributed by atoms with Crippen molar-refractivity contribution in [1.29, 1.82) is 0 Å². The molecule has 0 radical (unpaired) electrons. The molecule has 0 aliphatic rings. The molecular formula is C53H40N4. The molecule has 0 aliphatic heterocycles. The maximum atomic E-state index is 4.97. The highest BCUT2D eigenvalue weighted by molar-refractivity contribution is 5.92. The molecule has 0 atom stereocenters. The molecule has 57 heavy (non-hydrogen) atoms. The Kier molecular flexibility index (Phi) is 8.45. The van der Waals surface area contributed by atoms with Crippen LogP contribution >= 0.6 is 0 Å². The highest BCUT2D eigenvalue weighted by Gasteiger charge is 2.17. The van der Waals surface area contributed by atoms with Crippen molar-refractivity contribution in [2.75, 3.05) is 4.90 Å². The summed E-state index contributed by atoms with van der Waals surface area (Å²) in [5, 5.41) is 6.12. The van der Waals surface area contributed by atoms with Crippen LogP contribution in [-0.4, -0.2) is 14.5 Å². The van der Waals surface area contributed by atoms with Crippen molar-refractivity contribution in [3.63, 3.8) is 0 Å². The van der Waals surface area contributed by atoms with E-state index in [0.717, 1.165) is 50.7 Å². The van der Waals surface area contributed by atoms with Crippen LogP contribution in [0.2, 0.25) is 0 Å². The van der Waals surface area contributed by atoms with Gasteiger partial charge in [0.1, 0.15) is 0 Å². The molecular weight excluding hydrogens is 693 g/mol. The van der Waals surface area contributed by atoms with Crippen LogP contribution < -0.4 is 4.90 Å². The van der Waals surface area contributed by atoms with E-state index in [0.29, 0.717) is 0 Å². The summed E-state index contributed by atoms with van der Waals surface area (Å²) in [4.78, 5) is 12.3. The van der Waals surface area contributed by atoms with Crippen molar-refractivity contribution >= 4 is 49.5 Å². The number of nitrogens with zero attached hydrogens (tertiary/aromatic N) is 4. The first-order valence-corrected chi connectivity index (χ1v) is 19.4. The second-order valence-corrected chi connectivity index (χ2v) is 15.0. The number of benzene rings is 7. The normalized spacial score (nSPS) is 11.4. The molecule has 4 heteroatoms. The minimum absolute atomic E-state index is 0.933. The second-order valence-electron chi connectivity index (χ2n) is 15.0. The van der Waals surface area contributed by atoms with Gasteiger partial charge in [-0.05, 0) is 142 Å². The Morgan fingerprint density at radius 2 is 0.912 bits per heavy atom. The average molecular weight is 733 g/mol. The Balaban J connectivity index is 1.07. The third-order valence-electron chi connectivity index (χ3n) is 11.3. The molecule has 0 amide bonds. The van der Waals surface area contributed by atoms with Crippen LogP contribution in [0.1, 0.15) is 11.1 Å². The van der Waals surface area contributed by atoms with Gasteiger partial charge in [0, 0.05) is 64.7 Å². The number of pyridine rings is 2. The molecule has 272 valence electrons. The van der Waals surface area contributed by atoms with Gasteiger partial charge in [-0.15, -0.1) is 0 Å². The van der Waals surface area contributed by atoms with Gasteiger partial charge in [-0.25, -0.2) is 0 Å². The quantitative estimate of drug-likeness (QED) is 0.164. The van der Waals surface area contributed by atoms with Crippen LogP contribution in [0.25, 0.3) is 77.2 Å². The Bertz CT molecular complexity index is 2960. The van der Waals surface area contributed by atoms with E-state index in [1.165, 1.54) is 54.7 Å². The lowest BCUT2D eigenvalue weighted by atomic mass is 9.97. The number of fused-ring (bicyclic) bond motifs is 3. The number of aryl methyl sites for hydroxylation is 3. The van der Waals surface area contributed by atoms with Gasteiger partial charge in [-0.3, -0.25) is 9.97 Å². The van der Waals surface area contributed by atoms with Crippen molar-refractivity contribution in [3.05, 3.63) is 200 Å². The number of rotatable bonds is 7. The summed E-state index contributed by atoms with van der Waals surface area (Å²) in [6.07, 6.45) is 6.11. The summed E-state index contributed by atoms with van der Waals surface area (Å²) >= 11 is 0. The smallest absolute Gasteiger partial charge is 0.0709 e. The summed E-state index contributed by atoms with van der Waals surface area (Å²) in [6.45, 7) is 4.28. The molecule has 0 saturated carbocycles. The zero-order valence-corrected chi connectivity index (χ0v) is 32.2. The Morgan fingerprint density at radius 1 is 0.404 bits per heavy atom. The second kappa shape index (κ2) is 14.1. The third-order valence-corrected chi connectivity index (χ3v) is 11.3. The summed E-state index contributed by atoms with van der Waals surface area (Å²) < 4.78 is 2.16. The molecule has 0 saturated heterocycles. The molecule has 4 nitrogen and oxygen atoms in total. The van der Waals surface area contributed by atoms with Crippen LogP contribution in [0.4, 0.5) is 17.1 Å². The fraction of sp³-hybridized carbons (Fsp3) is 0.0566. The zero-order valence-electron chi connectivity index (χ0n) is 32.2. The fourth-order valence-corrected chi connectivity index (χ4v) is 8.16. The zero-order chi connectivity index (χ0) is 38.5. The van der Waals surface area contributed by atoms with Gasteiger partial charge in [-0.1, -0.05) is 97.1 Å². The van der Waals surface area contributed by atoms with Crippen LogP contribution in [0, 0.1) is 13.8 Å². The minimum atomic E-state index is 0.933. The SMILES string of the molecule is Cc1cnc(-c2cccc(N(c3cccc(-c4cc(-c5ccc6ccccc6c5)c(C)cn4)c3)c3ccc4c(ccn4C)c3)c2)cc1-c1ccc2ccccc2c1. The third kappa shape index (κ3) is 6.41. The van der Waals surface area contributed by atoms with Crippen molar-refractivity contribution in [2.24, 2.45) is 7.05 Å². The molecule has 0 N–H and O–H groups in total. The van der Waals surface area contributed by atoms with Gasteiger partial charge in [0.25, 0.3) is 0 Å². The minimum Gasteiger partial charge on any atom is -0.351 e. The topological polar surface area (TPSA) is 34.0 Å². The van der Waals surface area contributed by atoms with Crippen molar-refractivity contribution in [1.82, 2.24) is 14.5 Å². The molecule has 0 aliphatic carbocycles. The Hall–Kier alpha value is -7.30. The lowest BCUT2D eigenvalue weighted by Gasteiger charge is -2.26. The predicted octanol–water partition coefficient (Wildman–Crippen LogP) is 14.0. The van der Waals surface area contributed by atoms with Crippen molar-refractivity contribution in [3.8, 4) is 44.8 Å². The van der Waals surface area contributed by atoms with Crippen molar-refractivity contribution < 1.29 is 0 Å². The molecule has 0 fully saturated rings. The summed E-state index contributed by atoms with van der Waals surface area (Å²) in [5.41, 5.74) is 15.4. The predicted molar refractivity (Wildman–Crippen MR) is 239 cm³/mol. The Labute approximate surface area is 333 Å². The first kappa shape index (κ1) is 34.2. The van der Waals surface area contributed by atoms with E-state index in [-0.39, 0.29) is 0 Å². The highest BCUT2D eigenvalue weighted by Crippen LogP contribution is 2.40. The lowest BCUT2D eigenvalue weighted by Crippen LogP contribution is -2.10. The highest BCUT2D eigenvalue weighted by atomic mass is 15.1. The van der Waals surface area contributed by atoms with Crippen LogP contribution in [0.3, 0.4) is 0 Å². The van der Waals surface area contributed by atoms with E-state index in [4.69, 9.17) is 9.97 Å². The van der Waals surface area contributed by atoms with Gasteiger partial charge in [0.15, 0.2) is 0 Å². The van der Waals surface area contributed by atoms with E-state index in [1.54, 1.807) is 0 Å². The van der Waals surface area contributed by atoms with Gasteiger partial charge in [0.05, 0.1) is 11.4 Å².